The Labute approximate surface area is 135 Å². The fourth-order valence-corrected chi connectivity index (χ4v) is 2.28. The number of methoxy groups -OCH3 is 1. The molecule has 0 unspecified atom stereocenters. The number of nitrogens with one attached hydrogen (secondary N) is 2. The van der Waals surface area contributed by atoms with E-state index in [1.54, 1.807) is 19.2 Å². The molecule has 1 aromatic heterocycles. The van der Waals surface area contributed by atoms with Crippen molar-refractivity contribution in [1.82, 2.24) is 15.5 Å². The standard InChI is InChI=1S/C17H20N4O2/c1-23-15-5-3-2-4-12(15)10-11-18-17(22)14-8-9-16(21-20-14)19-13-6-7-13/h2-5,8-9,13H,6-7,10-11H2,1H3,(H,18,22)(H,19,21). The molecule has 0 radical (unpaired) electrons. The topological polar surface area (TPSA) is 76.1 Å². The van der Waals surface area contributed by atoms with E-state index in [4.69, 9.17) is 4.74 Å². The van der Waals surface area contributed by atoms with E-state index in [1.165, 1.54) is 12.8 Å². The third-order valence-corrected chi connectivity index (χ3v) is 3.70. The van der Waals surface area contributed by atoms with Crippen molar-refractivity contribution in [3.63, 3.8) is 0 Å². The Hall–Kier alpha value is -2.63. The van der Waals surface area contributed by atoms with Crippen molar-refractivity contribution in [1.29, 1.82) is 0 Å². The van der Waals surface area contributed by atoms with Crippen LogP contribution in [0.4, 0.5) is 5.82 Å². The second-order valence-electron chi connectivity index (χ2n) is 5.54. The summed E-state index contributed by atoms with van der Waals surface area (Å²) in [6.07, 6.45) is 3.05. The van der Waals surface area contributed by atoms with Crippen LogP contribution in [0.1, 0.15) is 28.9 Å². The van der Waals surface area contributed by atoms with Crippen LogP contribution in [-0.4, -0.2) is 35.8 Å². The third kappa shape index (κ3) is 4.18. The van der Waals surface area contributed by atoms with Crippen molar-refractivity contribution in [2.75, 3.05) is 19.0 Å². The zero-order chi connectivity index (χ0) is 16.1. The number of ether oxygens (including phenoxy) is 1. The van der Waals surface area contributed by atoms with Crippen molar-refractivity contribution in [3.8, 4) is 5.75 Å². The molecule has 3 rings (SSSR count). The van der Waals surface area contributed by atoms with Crippen LogP contribution < -0.4 is 15.4 Å². The molecule has 6 heteroatoms. The van der Waals surface area contributed by atoms with E-state index in [0.717, 1.165) is 17.1 Å². The molecule has 0 spiro atoms. The summed E-state index contributed by atoms with van der Waals surface area (Å²) in [4.78, 5) is 12.1. The van der Waals surface area contributed by atoms with Crippen LogP contribution in [-0.2, 0) is 6.42 Å². The molecule has 0 bridgehead atoms. The zero-order valence-electron chi connectivity index (χ0n) is 13.1. The van der Waals surface area contributed by atoms with Crippen LogP contribution in [0.5, 0.6) is 5.75 Å². The van der Waals surface area contributed by atoms with Crippen molar-refractivity contribution >= 4 is 11.7 Å². The predicted octanol–water partition coefficient (Wildman–Crippen LogP) is 2.03. The molecule has 1 aromatic carbocycles. The van der Waals surface area contributed by atoms with Gasteiger partial charge in [0.2, 0.25) is 0 Å². The second-order valence-corrected chi connectivity index (χ2v) is 5.54. The maximum absolute atomic E-state index is 12.1. The Bertz CT molecular complexity index is 669. The van der Waals surface area contributed by atoms with Crippen LogP contribution in [0.25, 0.3) is 0 Å². The first-order valence-corrected chi connectivity index (χ1v) is 7.76. The highest BCUT2D eigenvalue weighted by Gasteiger charge is 2.21. The predicted molar refractivity (Wildman–Crippen MR) is 87.7 cm³/mol. The van der Waals surface area contributed by atoms with Gasteiger partial charge in [0.05, 0.1) is 7.11 Å². The maximum Gasteiger partial charge on any atom is 0.271 e. The molecule has 1 fully saturated rings. The number of para-hydroxylation sites is 1. The average Bonchev–Trinajstić information content (AvgIpc) is 3.40. The Morgan fingerprint density at radius 1 is 1.22 bits per heavy atom. The van der Waals surface area contributed by atoms with Gasteiger partial charge in [-0.15, -0.1) is 10.2 Å². The summed E-state index contributed by atoms with van der Waals surface area (Å²) in [7, 11) is 1.64. The van der Waals surface area contributed by atoms with Gasteiger partial charge < -0.3 is 15.4 Å². The lowest BCUT2D eigenvalue weighted by atomic mass is 10.1. The van der Waals surface area contributed by atoms with Gasteiger partial charge in [0.25, 0.3) is 5.91 Å². The number of benzene rings is 1. The minimum atomic E-state index is -0.217. The number of rotatable bonds is 7. The number of hydrogen-bond acceptors (Lipinski definition) is 5. The van der Waals surface area contributed by atoms with Gasteiger partial charge in [0.1, 0.15) is 11.6 Å². The molecule has 0 saturated heterocycles. The molecule has 0 aliphatic heterocycles. The van der Waals surface area contributed by atoms with Crippen LogP contribution in [0.15, 0.2) is 36.4 Å². The summed E-state index contributed by atoms with van der Waals surface area (Å²) in [6, 6.07) is 11.8. The Morgan fingerprint density at radius 3 is 2.74 bits per heavy atom. The molecule has 6 nitrogen and oxygen atoms in total. The van der Waals surface area contributed by atoms with Gasteiger partial charge in [-0.1, -0.05) is 18.2 Å². The van der Waals surface area contributed by atoms with Crippen molar-refractivity contribution in [2.45, 2.75) is 25.3 Å². The number of aromatic nitrogens is 2. The fourth-order valence-electron chi connectivity index (χ4n) is 2.28. The first-order chi connectivity index (χ1) is 11.3. The number of hydrogen-bond donors (Lipinski definition) is 2. The zero-order valence-corrected chi connectivity index (χ0v) is 13.1. The van der Waals surface area contributed by atoms with Crippen molar-refractivity contribution < 1.29 is 9.53 Å². The second kappa shape index (κ2) is 7.09. The molecule has 0 atom stereocenters. The van der Waals surface area contributed by atoms with E-state index in [-0.39, 0.29) is 5.91 Å². The Morgan fingerprint density at radius 2 is 2.04 bits per heavy atom. The summed E-state index contributed by atoms with van der Waals surface area (Å²) >= 11 is 0. The summed E-state index contributed by atoms with van der Waals surface area (Å²) in [5.41, 5.74) is 1.39. The quantitative estimate of drug-likeness (QED) is 0.818. The summed E-state index contributed by atoms with van der Waals surface area (Å²) in [5, 5.41) is 14.1. The molecule has 2 N–H and O–H groups in total. The lowest BCUT2D eigenvalue weighted by molar-refractivity contribution is 0.0948. The van der Waals surface area contributed by atoms with E-state index in [9.17, 15) is 4.79 Å². The fraction of sp³-hybridized carbons (Fsp3) is 0.353. The van der Waals surface area contributed by atoms with Crippen LogP contribution in [0.2, 0.25) is 0 Å². The van der Waals surface area contributed by atoms with Gasteiger partial charge in [0.15, 0.2) is 5.69 Å². The summed E-state index contributed by atoms with van der Waals surface area (Å²) in [6.45, 7) is 0.517. The maximum atomic E-state index is 12.1. The van der Waals surface area contributed by atoms with Crippen LogP contribution in [0, 0.1) is 0 Å². The molecular weight excluding hydrogens is 292 g/mol. The molecule has 1 heterocycles. The van der Waals surface area contributed by atoms with E-state index < -0.39 is 0 Å². The van der Waals surface area contributed by atoms with Crippen molar-refractivity contribution in [3.05, 3.63) is 47.7 Å². The highest BCUT2D eigenvalue weighted by Crippen LogP contribution is 2.23. The smallest absolute Gasteiger partial charge is 0.271 e. The lowest BCUT2D eigenvalue weighted by Crippen LogP contribution is -2.27. The highest BCUT2D eigenvalue weighted by molar-refractivity contribution is 5.92. The summed E-state index contributed by atoms with van der Waals surface area (Å²) in [5.74, 6) is 1.33. The monoisotopic (exact) mass is 312 g/mol. The van der Waals surface area contributed by atoms with E-state index in [2.05, 4.69) is 20.8 Å². The van der Waals surface area contributed by atoms with Crippen LogP contribution >= 0.6 is 0 Å². The number of carbonyl (C=O) groups is 1. The minimum absolute atomic E-state index is 0.217. The molecule has 1 aliphatic carbocycles. The number of carbonyl (C=O) groups excluding carboxylic acids is 1. The van der Waals surface area contributed by atoms with Gasteiger partial charge in [-0.05, 0) is 43.0 Å². The summed E-state index contributed by atoms with van der Waals surface area (Å²) < 4.78 is 5.30. The molecule has 1 amide bonds. The Balaban J connectivity index is 1.50. The number of anilines is 1. The molecule has 1 saturated carbocycles. The van der Waals surface area contributed by atoms with E-state index >= 15 is 0 Å². The Kier molecular flexibility index (Phi) is 4.71. The third-order valence-electron chi connectivity index (χ3n) is 3.70. The normalized spacial score (nSPS) is 13.4. The molecule has 1 aliphatic rings. The molecule has 120 valence electrons. The van der Waals surface area contributed by atoms with E-state index in [0.29, 0.717) is 24.7 Å². The first-order valence-electron chi connectivity index (χ1n) is 7.76. The number of nitrogens with zero attached hydrogens (tertiary/aromatic N) is 2. The average molecular weight is 312 g/mol. The van der Waals surface area contributed by atoms with Gasteiger partial charge >= 0.3 is 0 Å². The van der Waals surface area contributed by atoms with Gasteiger partial charge in [0, 0.05) is 12.6 Å². The highest BCUT2D eigenvalue weighted by atomic mass is 16.5. The lowest BCUT2D eigenvalue weighted by Gasteiger charge is -2.09. The molecule has 23 heavy (non-hydrogen) atoms. The largest absolute Gasteiger partial charge is 0.496 e. The van der Waals surface area contributed by atoms with Crippen molar-refractivity contribution in [2.24, 2.45) is 0 Å². The SMILES string of the molecule is COc1ccccc1CCNC(=O)c1ccc(NC2CC2)nn1. The first kappa shape index (κ1) is 15.3. The minimum Gasteiger partial charge on any atom is -0.496 e. The molecular formula is C17H20N4O2. The van der Waals surface area contributed by atoms with Gasteiger partial charge in [-0.3, -0.25) is 4.79 Å². The number of amides is 1. The van der Waals surface area contributed by atoms with Gasteiger partial charge in [-0.25, -0.2) is 0 Å². The van der Waals surface area contributed by atoms with Gasteiger partial charge in [-0.2, -0.15) is 0 Å². The van der Waals surface area contributed by atoms with Crippen LogP contribution in [0.3, 0.4) is 0 Å². The molecule has 2 aromatic rings. The van der Waals surface area contributed by atoms with E-state index in [1.807, 2.05) is 24.3 Å².